The van der Waals surface area contributed by atoms with Crippen LogP contribution in [0.1, 0.15) is 24.8 Å². The highest BCUT2D eigenvalue weighted by atomic mass is 19.1. The van der Waals surface area contributed by atoms with Gasteiger partial charge in [-0.1, -0.05) is 18.2 Å². The van der Waals surface area contributed by atoms with Crippen molar-refractivity contribution in [2.75, 3.05) is 20.3 Å². The Kier molecular flexibility index (Phi) is 5.14. The van der Waals surface area contributed by atoms with Crippen LogP contribution in [-0.4, -0.2) is 26.3 Å². The maximum absolute atomic E-state index is 13.6. The normalized spacial score (nSPS) is 18.8. The summed E-state index contributed by atoms with van der Waals surface area (Å²) in [4.78, 5) is 0. The van der Waals surface area contributed by atoms with Gasteiger partial charge in [-0.3, -0.25) is 0 Å². The average molecular weight is 251 g/mol. The van der Waals surface area contributed by atoms with Crippen molar-refractivity contribution in [3.05, 3.63) is 35.6 Å². The van der Waals surface area contributed by atoms with Crippen molar-refractivity contribution in [2.45, 2.75) is 31.7 Å². The number of hydrogen-bond donors (Lipinski definition) is 1. The molecule has 0 radical (unpaired) electrons. The molecular weight excluding hydrogens is 229 g/mol. The van der Waals surface area contributed by atoms with Gasteiger partial charge in [-0.2, -0.15) is 0 Å². The topological polar surface area (TPSA) is 21.3 Å². The molecule has 1 aromatic rings. The summed E-state index contributed by atoms with van der Waals surface area (Å²) >= 11 is 0. The molecule has 1 N–H and O–H groups in total. The molecule has 2 nitrogen and oxygen atoms in total. The summed E-state index contributed by atoms with van der Waals surface area (Å²) in [5.41, 5.74) is 0.809. The molecule has 100 valence electrons. The Bertz CT molecular complexity index is 363. The van der Waals surface area contributed by atoms with Gasteiger partial charge in [-0.15, -0.1) is 0 Å². The van der Waals surface area contributed by atoms with E-state index in [1.165, 1.54) is 6.07 Å². The van der Waals surface area contributed by atoms with E-state index in [0.29, 0.717) is 12.0 Å². The van der Waals surface area contributed by atoms with Crippen molar-refractivity contribution in [2.24, 2.45) is 5.92 Å². The lowest BCUT2D eigenvalue weighted by Crippen LogP contribution is -2.32. The molecule has 0 amide bonds. The molecule has 0 aliphatic carbocycles. The molecule has 1 unspecified atom stereocenters. The molecule has 1 aliphatic rings. The summed E-state index contributed by atoms with van der Waals surface area (Å²) in [6.07, 6.45) is 4.14. The fourth-order valence-electron chi connectivity index (χ4n) is 2.62. The van der Waals surface area contributed by atoms with Crippen molar-refractivity contribution in [3.63, 3.8) is 0 Å². The monoisotopic (exact) mass is 251 g/mol. The summed E-state index contributed by atoms with van der Waals surface area (Å²) in [6.45, 7) is 1.75. The lowest BCUT2D eigenvalue weighted by atomic mass is 9.90. The van der Waals surface area contributed by atoms with Crippen LogP contribution in [0.2, 0.25) is 0 Å². The zero-order chi connectivity index (χ0) is 12.8. The molecule has 0 bridgehead atoms. The zero-order valence-electron chi connectivity index (χ0n) is 11.0. The van der Waals surface area contributed by atoms with Gasteiger partial charge in [0.05, 0.1) is 0 Å². The third-order valence-electron chi connectivity index (χ3n) is 3.79. The van der Waals surface area contributed by atoms with E-state index in [1.807, 2.05) is 19.2 Å². The van der Waals surface area contributed by atoms with E-state index in [-0.39, 0.29) is 5.82 Å². The minimum Gasteiger partial charge on any atom is -0.381 e. The summed E-state index contributed by atoms with van der Waals surface area (Å²) in [5.74, 6) is 0.618. The quantitative estimate of drug-likeness (QED) is 0.869. The van der Waals surface area contributed by atoms with Crippen LogP contribution in [0.25, 0.3) is 0 Å². The summed E-state index contributed by atoms with van der Waals surface area (Å²) in [6, 6.07) is 7.41. The Labute approximate surface area is 109 Å². The van der Waals surface area contributed by atoms with Crippen LogP contribution in [0.3, 0.4) is 0 Å². The largest absolute Gasteiger partial charge is 0.381 e. The zero-order valence-corrected chi connectivity index (χ0v) is 11.0. The highest BCUT2D eigenvalue weighted by Gasteiger charge is 2.19. The first-order chi connectivity index (χ1) is 8.79. The van der Waals surface area contributed by atoms with Crippen molar-refractivity contribution >= 4 is 0 Å². The van der Waals surface area contributed by atoms with Gasteiger partial charge in [0.2, 0.25) is 0 Å². The Balaban J connectivity index is 1.90. The first-order valence-corrected chi connectivity index (χ1v) is 6.78. The fourth-order valence-corrected chi connectivity index (χ4v) is 2.62. The van der Waals surface area contributed by atoms with Crippen molar-refractivity contribution in [1.82, 2.24) is 5.32 Å². The molecule has 0 aromatic heterocycles. The van der Waals surface area contributed by atoms with Crippen molar-refractivity contribution in [1.29, 1.82) is 0 Å². The number of benzene rings is 1. The predicted molar refractivity (Wildman–Crippen MR) is 71.1 cm³/mol. The van der Waals surface area contributed by atoms with Gasteiger partial charge in [0.15, 0.2) is 0 Å². The average Bonchev–Trinajstić information content (AvgIpc) is 2.41. The van der Waals surface area contributed by atoms with E-state index in [0.717, 1.165) is 44.5 Å². The second-order valence-corrected chi connectivity index (χ2v) is 5.07. The Morgan fingerprint density at radius 2 is 2.06 bits per heavy atom. The highest BCUT2D eigenvalue weighted by molar-refractivity contribution is 5.18. The van der Waals surface area contributed by atoms with E-state index in [1.54, 1.807) is 6.07 Å². The third-order valence-corrected chi connectivity index (χ3v) is 3.79. The molecule has 1 atom stereocenters. The van der Waals surface area contributed by atoms with Gasteiger partial charge in [0, 0.05) is 19.3 Å². The van der Waals surface area contributed by atoms with Gasteiger partial charge in [-0.05, 0) is 50.3 Å². The molecule has 1 saturated heterocycles. The van der Waals surface area contributed by atoms with Crippen LogP contribution < -0.4 is 5.32 Å². The van der Waals surface area contributed by atoms with E-state index in [2.05, 4.69) is 5.32 Å². The molecule has 1 aromatic carbocycles. The summed E-state index contributed by atoms with van der Waals surface area (Å²) < 4.78 is 19.0. The first kappa shape index (κ1) is 13.5. The van der Waals surface area contributed by atoms with Crippen molar-refractivity contribution in [3.8, 4) is 0 Å². The molecule has 18 heavy (non-hydrogen) atoms. The Morgan fingerprint density at radius 1 is 1.33 bits per heavy atom. The molecule has 0 spiro atoms. The van der Waals surface area contributed by atoms with Gasteiger partial charge >= 0.3 is 0 Å². The first-order valence-electron chi connectivity index (χ1n) is 6.78. The molecule has 3 heteroatoms. The van der Waals surface area contributed by atoms with Crippen LogP contribution in [-0.2, 0) is 11.2 Å². The SMILES string of the molecule is CNC(Cc1ccccc1F)CC1CCOCC1. The highest BCUT2D eigenvalue weighted by Crippen LogP contribution is 2.22. The number of hydrogen-bond acceptors (Lipinski definition) is 2. The molecule has 1 heterocycles. The maximum Gasteiger partial charge on any atom is 0.126 e. The summed E-state index contributed by atoms with van der Waals surface area (Å²) in [7, 11) is 1.96. The third kappa shape index (κ3) is 3.79. The van der Waals surface area contributed by atoms with Crippen LogP contribution in [0.4, 0.5) is 4.39 Å². The van der Waals surface area contributed by atoms with E-state index >= 15 is 0 Å². The number of rotatable bonds is 5. The molecule has 1 fully saturated rings. The minimum atomic E-state index is -0.0928. The Hall–Kier alpha value is -0.930. The van der Waals surface area contributed by atoms with Crippen LogP contribution in [0, 0.1) is 11.7 Å². The molecule has 0 saturated carbocycles. The maximum atomic E-state index is 13.6. The smallest absolute Gasteiger partial charge is 0.126 e. The number of likely N-dealkylation sites (N-methyl/N-ethyl adjacent to an activating group) is 1. The lowest BCUT2D eigenvalue weighted by Gasteiger charge is -2.26. The van der Waals surface area contributed by atoms with Gasteiger partial charge in [0.25, 0.3) is 0 Å². The second kappa shape index (κ2) is 6.86. The van der Waals surface area contributed by atoms with Crippen LogP contribution >= 0.6 is 0 Å². The number of ether oxygens (including phenoxy) is 1. The van der Waals surface area contributed by atoms with Crippen LogP contribution in [0.5, 0.6) is 0 Å². The number of halogens is 1. The van der Waals surface area contributed by atoms with E-state index < -0.39 is 0 Å². The van der Waals surface area contributed by atoms with Crippen LogP contribution in [0.15, 0.2) is 24.3 Å². The van der Waals surface area contributed by atoms with Gasteiger partial charge in [0.1, 0.15) is 5.82 Å². The summed E-state index contributed by atoms with van der Waals surface area (Å²) in [5, 5.41) is 3.32. The fraction of sp³-hybridized carbons (Fsp3) is 0.600. The number of nitrogens with one attached hydrogen (secondary N) is 1. The van der Waals surface area contributed by atoms with E-state index in [9.17, 15) is 4.39 Å². The van der Waals surface area contributed by atoms with Crippen molar-refractivity contribution < 1.29 is 9.13 Å². The molecular formula is C15H22FNO. The van der Waals surface area contributed by atoms with E-state index in [4.69, 9.17) is 4.74 Å². The standard InChI is InChI=1S/C15H22FNO/c1-17-14(10-12-6-8-18-9-7-12)11-13-4-2-3-5-15(13)16/h2-5,12,14,17H,6-11H2,1H3. The second-order valence-electron chi connectivity index (χ2n) is 5.07. The van der Waals surface area contributed by atoms with Gasteiger partial charge in [-0.25, -0.2) is 4.39 Å². The molecule has 2 rings (SSSR count). The minimum absolute atomic E-state index is 0.0928. The molecule has 1 aliphatic heterocycles. The Morgan fingerprint density at radius 3 is 2.72 bits per heavy atom. The predicted octanol–water partition coefficient (Wildman–Crippen LogP) is 2.77. The lowest BCUT2D eigenvalue weighted by molar-refractivity contribution is 0.0608. The van der Waals surface area contributed by atoms with Gasteiger partial charge < -0.3 is 10.1 Å².